The maximum absolute atomic E-state index is 11.8. The van der Waals surface area contributed by atoms with Crippen LogP contribution in [0.25, 0.3) is 11.3 Å². The molecular formula is C13H14N4O3. The van der Waals surface area contributed by atoms with Crippen LogP contribution >= 0.6 is 0 Å². The topological polar surface area (TPSA) is 101 Å². The maximum Gasteiger partial charge on any atom is 0.325 e. The maximum atomic E-state index is 11.8. The lowest BCUT2D eigenvalue weighted by Crippen LogP contribution is -2.23. The van der Waals surface area contributed by atoms with Gasteiger partial charge in [0.1, 0.15) is 5.69 Å². The summed E-state index contributed by atoms with van der Waals surface area (Å²) in [5.41, 5.74) is 0.673. The molecule has 0 spiro atoms. The molecule has 0 aliphatic heterocycles. The van der Waals surface area contributed by atoms with E-state index in [2.05, 4.69) is 20.2 Å². The highest BCUT2D eigenvalue weighted by Crippen LogP contribution is 2.40. The molecule has 20 heavy (non-hydrogen) atoms. The predicted molar refractivity (Wildman–Crippen MR) is 71.9 cm³/mol. The average molecular weight is 274 g/mol. The van der Waals surface area contributed by atoms with E-state index in [1.54, 1.807) is 7.11 Å². The second kappa shape index (κ2) is 4.92. The summed E-state index contributed by atoms with van der Waals surface area (Å²) in [6, 6.07) is 1.82. The summed E-state index contributed by atoms with van der Waals surface area (Å²) in [4.78, 5) is 27.4. The van der Waals surface area contributed by atoms with Crippen molar-refractivity contribution in [2.24, 2.45) is 0 Å². The van der Waals surface area contributed by atoms with Crippen LogP contribution in [0.1, 0.15) is 30.7 Å². The van der Waals surface area contributed by atoms with Crippen molar-refractivity contribution in [3.63, 3.8) is 0 Å². The second-order valence-electron chi connectivity index (χ2n) is 4.81. The molecule has 1 aliphatic carbocycles. The van der Waals surface area contributed by atoms with Gasteiger partial charge < -0.3 is 9.72 Å². The van der Waals surface area contributed by atoms with E-state index in [9.17, 15) is 9.59 Å². The number of ether oxygens (including phenoxy) is 1. The largest absolute Gasteiger partial charge is 0.480 e. The number of nitrogens with one attached hydrogen (secondary N) is 2. The third-order valence-corrected chi connectivity index (χ3v) is 3.62. The van der Waals surface area contributed by atoms with E-state index in [0.29, 0.717) is 23.1 Å². The fraction of sp³-hybridized carbons (Fsp3) is 0.385. The Balaban J connectivity index is 2.10. The third kappa shape index (κ3) is 2.11. The van der Waals surface area contributed by atoms with Crippen LogP contribution in [-0.2, 0) is 0 Å². The molecule has 3 rings (SSSR count). The number of hydrogen-bond donors (Lipinski definition) is 2. The number of aromatic nitrogens is 4. The molecule has 0 atom stereocenters. The Kier molecular flexibility index (Phi) is 3.09. The SMILES string of the molecule is COc1nnc(-c2c[nH]c(=O)[nH]c2=O)cc1C1CCC1. The molecule has 0 radical (unpaired) electrons. The molecule has 0 bridgehead atoms. The molecule has 7 nitrogen and oxygen atoms in total. The predicted octanol–water partition coefficient (Wildman–Crippen LogP) is 0.796. The lowest BCUT2D eigenvalue weighted by atomic mass is 9.80. The number of methoxy groups -OCH3 is 1. The zero-order chi connectivity index (χ0) is 14.1. The molecule has 1 fully saturated rings. The van der Waals surface area contributed by atoms with Gasteiger partial charge in [0.25, 0.3) is 5.56 Å². The highest BCUT2D eigenvalue weighted by Gasteiger charge is 2.25. The van der Waals surface area contributed by atoms with Crippen LogP contribution in [0.2, 0.25) is 0 Å². The van der Waals surface area contributed by atoms with Gasteiger partial charge in [-0.25, -0.2) is 4.79 Å². The molecule has 7 heteroatoms. The van der Waals surface area contributed by atoms with Gasteiger partial charge in [-0.1, -0.05) is 6.42 Å². The number of aromatic amines is 2. The molecule has 2 aromatic heterocycles. The van der Waals surface area contributed by atoms with E-state index >= 15 is 0 Å². The van der Waals surface area contributed by atoms with Gasteiger partial charge in [-0.3, -0.25) is 9.78 Å². The molecule has 0 unspecified atom stereocenters. The summed E-state index contributed by atoms with van der Waals surface area (Å²) in [6.45, 7) is 0. The molecular weight excluding hydrogens is 260 g/mol. The summed E-state index contributed by atoms with van der Waals surface area (Å²) in [5.74, 6) is 0.903. The van der Waals surface area contributed by atoms with Gasteiger partial charge in [0.05, 0.1) is 12.7 Å². The first-order valence-electron chi connectivity index (χ1n) is 6.43. The van der Waals surface area contributed by atoms with Crippen molar-refractivity contribution in [3.05, 3.63) is 38.7 Å². The number of rotatable bonds is 3. The number of nitrogens with zero attached hydrogens (tertiary/aromatic N) is 2. The van der Waals surface area contributed by atoms with Crippen LogP contribution in [0.3, 0.4) is 0 Å². The van der Waals surface area contributed by atoms with E-state index < -0.39 is 11.2 Å². The van der Waals surface area contributed by atoms with Crippen LogP contribution in [0.15, 0.2) is 21.9 Å². The molecule has 1 aliphatic rings. The van der Waals surface area contributed by atoms with Crippen molar-refractivity contribution in [3.8, 4) is 17.1 Å². The Hall–Kier alpha value is -2.44. The summed E-state index contributed by atoms with van der Waals surface area (Å²) in [6.07, 6.45) is 4.71. The highest BCUT2D eigenvalue weighted by atomic mass is 16.5. The minimum absolute atomic E-state index is 0.292. The van der Waals surface area contributed by atoms with Gasteiger partial charge in [0.15, 0.2) is 0 Å². The van der Waals surface area contributed by atoms with E-state index in [-0.39, 0.29) is 0 Å². The van der Waals surface area contributed by atoms with Crippen LogP contribution < -0.4 is 16.0 Å². The van der Waals surface area contributed by atoms with Gasteiger partial charge in [-0.05, 0) is 24.8 Å². The average Bonchev–Trinajstić information content (AvgIpc) is 2.37. The zero-order valence-corrected chi connectivity index (χ0v) is 11.0. The minimum Gasteiger partial charge on any atom is -0.480 e. The second-order valence-corrected chi connectivity index (χ2v) is 4.81. The summed E-state index contributed by atoms with van der Waals surface area (Å²) in [7, 11) is 1.55. The van der Waals surface area contributed by atoms with Crippen molar-refractivity contribution < 1.29 is 4.74 Å². The molecule has 0 aromatic carbocycles. The normalized spacial score (nSPS) is 14.8. The van der Waals surface area contributed by atoms with Crippen molar-refractivity contribution >= 4 is 0 Å². The van der Waals surface area contributed by atoms with E-state index in [0.717, 1.165) is 18.4 Å². The van der Waals surface area contributed by atoms with Gasteiger partial charge >= 0.3 is 5.69 Å². The standard InChI is InChI=1S/C13H14N4O3/c1-20-12-8(7-3-2-4-7)5-10(16-17-12)9-6-14-13(19)15-11(9)18/h5-7H,2-4H2,1H3,(H2,14,15,18,19). The Morgan fingerprint density at radius 1 is 1.30 bits per heavy atom. The third-order valence-electron chi connectivity index (χ3n) is 3.62. The first-order valence-corrected chi connectivity index (χ1v) is 6.43. The van der Waals surface area contributed by atoms with Gasteiger partial charge in [-0.15, -0.1) is 10.2 Å². The zero-order valence-electron chi connectivity index (χ0n) is 11.0. The van der Waals surface area contributed by atoms with Crippen molar-refractivity contribution in [1.82, 2.24) is 20.2 Å². The summed E-state index contributed by atoms with van der Waals surface area (Å²) >= 11 is 0. The molecule has 0 amide bonds. The van der Waals surface area contributed by atoms with E-state index in [4.69, 9.17) is 4.74 Å². The summed E-state index contributed by atoms with van der Waals surface area (Å²) in [5, 5.41) is 8.02. The number of H-pyrrole nitrogens is 2. The monoisotopic (exact) mass is 274 g/mol. The van der Waals surface area contributed by atoms with Crippen LogP contribution in [0.4, 0.5) is 0 Å². The van der Waals surface area contributed by atoms with E-state index in [1.165, 1.54) is 12.6 Å². The van der Waals surface area contributed by atoms with Gasteiger partial charge in [-0.2, -0.15) is 0 Å². The van der Waals surface area contributed by atoms with Crippen molar-refractivity contribution in [2.75, 3.05) is 7.11 Å². The van der Waals surface area contributed by atoms with Gasteiger partial charge in [0, 0.05) is 11.8 Å². The van der Waals surface area contributed by atoms with Crippen LogP contribution in [-0.4, -0.2) is 27.3 Å². The molecule has 2 aromatic rings. The fourth-order valence-corrected chi connectivity index (χ4v) is 2.30. The Labute approximate surface area is 114 Å². The van der Waals surface area contributed by atoms with Gasteiger partial charge in [0.2, 0.25) is 5.88 Å². The quantitative estimate of drug-likeness (QED) is 0.862. The molecule has 2 N–H and O–H groups in total. The van der Waals surface area contributed by atoms with Crippen molar-refractivity contribution in [1.29, 1.82) is 0 Å². The fourth-order valence-electron chi connectivity index (χ4n) is 2.30. The Bertz CT molecular complexity index is 746. The molecule has 104 valence electrons. The minimum atomic E-state index is -0.542. The Morgan fingerprint density at radius 3 is 2.70 bits per heavy atom. The summed E-state index contributed by atoms with van der Waals surface area (Å²) < 4.78 is 5.23. The molecule has 0 saturated heterocycles. The lowest BCUT2D eigenvalue weighted by Gasteiger charge is -2.26. The highest BCUT2D eigenvalue weighted by molar-refractivity contribution is 5.58. The number of hydrogen-bond acceptors (Lipinski definition) is 5. The van der Waals surface area contributed by atoms with Crippen molar-refractivity contribution in [2.45, 2.75) is 25.2 Å². The van der Waals surface area contributed by atoms with Crippen LogP contribution in [0.5, 0.6) is 5.88 Å². The van der Waals surface area contributed by atoms with Crippen LogP contribution in [0, 0.1) is 0 Å². The molecule has 1 saturated carbocycles. The smallest absolute Gasteiger partial charge is 0.325 e. The lowest BCUT2D eigenvalue weighted by molar-refractivity contribution is 0.357. The molecule has 2 heterocycles. The first kappa shape index (κ1) is 12.6. The first-order chi connectivity index (χ1) is 9.69. The Morgan fingerprint density at radius 2 is 2.10 bits per heavy atom. The van der Waals surface area contributed by atoms with E-state index in [1.807, 2.05) is 6.07 Å².